The number of hydrogen-bond acceptors (Lipinski definition) is 4. The van der Waals surface area contributed by atoms with Crippen molar-refractivity contribution in [3.8, 4) is 0 Å². The van der Waals surface area contributed by atoms with Crippen LogP contribution in [-0.2, 0) is 9.59 Å². The van der Waals surface area contributed by atoms with Crippen LogP contribution in [0.2, 0.25) is 0 Å². The van der Waals surface area contributed by atoms with Gasteiger partial charge in [0, 0.05) is 37.5 Å². The smallest absolute Gasteiger partial charge is 0.234 e. The van der Waals surface area contributed by atoms with Gasteiger partial charge in [0.15, 0.2) is 0 Å². The molecule has 6 nitrogen and oxygen atoms in total. The molecule has 1 N–H and O–H groups in total. The molecule has 0 bridgehead atoms. The molecule has 1 saturated carbocycles. The van der Waals surface area contributed by atoms with E-state index in [2.05, 4.69) is 10.2 Å². The lowest BCUT2D eigenvalue weighted by molar-refractivity contribution is -0.134. The summed E-state index contributed by atoms with van der Waals surface area (Å²) >= 11 is 0. The molecule has 2 aliphatic rings. The van der Waals surface area contributed by atoms with Crippen LogP contribution >= 0.6 is 0 Å². The Hall–Kier alpha value is -2.34. The molecule has 26 heavy (non-hydrogen) atoms. The van der Waals surface area contributed by atoms with Gasteiger partial charge >= 0.3 is 0 Å². The first-order chi connectivity index (χ1) is 12.6. The van der Waals surface area contributed by atoms with Gasteiger partial charge < -0.3 is 14.6 Å². The number of hydrogen-bond donors (Lipinski definition) is 1. The number of fused-ring (bicyclic) bond motifs is 1. The molecule has 138 valence electrons. The number of rotatable bonds is 5. The molecule has 0 spiro atoms. The molecule has 1 aromatic carbocycles. The van der Waals surface area contributed by atoms with E-state index in [-0.39, 0.29) is 17.9 Å². The van der Waals surface area contributed by atoms with E-state index >= 15 is 0 Å². The van der Waals surface area contributed by atoms with Gasteiger partial charge in [-0.25, -0.2) is 0 Å². The van der Waals surface area contributed by atoms with Crippen LogP contribution in [0.25, 0.3) is 11.0 Å². The minimum Gasteiger partial charge on any atom is -0.459 e. The Balaban J connectivity index is 1.26. The number of furan rings is 1. The van der Waals surface area contributed by atoms with E-state index in [1.165, 1.54) is 0 Å². The van der Waals surface area contributed by atoms with Crippen molar-refractivity contribution in [2.24, 2.45) is 5.92 Å². The van der Waals surface area contributed by atoms with E-state index in [0.29, 0.717) is 12.5 Å². The van der Waals surface area contributed by atoms with Crippen molar-refractivity contribution in [1.29, 1.82) is 0 Å². The zero-order chi connectivity index (χ0) is 18.1. The summed E-state index contributed by atoms with van der Waals surface area (Å²) in [6.07, 6.45) is 2.09. The average molecular weight is 355 g/mol. The summed E-state index contributed by atoms with van der Waals surface area (Å²) < 4.78 is 5.82. The third-order valence-electron chi connectivity index (χ3n) is 5.23. The lowest BCUT2D eigenvalue weighted by Crippen LogP contribution is -2.51. The van der Waals surface area contributed by atoms with E-state index in [1.807, 2.05) is 42.2 Å². The van der Waals surface area contributed by atoms with Crippen molar-refractivity contribution < 1.29 is 14.0 Å². The summed E-state index contributed by atoms with van der Waals surface area (Å²) in [4.78, 5) is 28.5. The molecule has 1 aliphatic heterocycles. The molecule has 1 aromatic heterocycles. The zero-order valence-electron chi connectivity index (χ0n) is 15.1. The third kappa shape index (κ3) is 3.75. The minimum atomic E-state index is -0.173. The molecular formula is C20H25N3O3. The molecule has 2 fully saturated rings. The molecule has 1 saturated heterocycles. The van der Waals surface area contributed by atoms with E-state index < -0.39 is 0 Å². The molecule has 0 radical (unpaired) electrons. The quantitative estimate of drug-likeness (QED) is 0.893. The fraction of sp³-hybridized carbons (Fsp3) is 0.500. The largest absolute Gasteiger partial charge is 0.459 e. The topological polar surface area (TPSA) is 65.8 Å². The second kappa shape index (κ2) is 7.11. The Labute approximate surface area is 153 Å². The van der Waals surface area contributed by atoms with E-state index in [0.717, 1.165) is 55.8 Å². The van der Waals surface area contributed by atoms with Crippen molar-refractivity contribution in [2.75, 3.05) is 32.7 Å². The summed E-state index contributed by atoms with van der Waals surface area (Å²) in [5, 5.41) is 4.05. The van der Waals surface area contributed by atoms with Gasteiger partial charge in [0.2, 0.25) is 11.8 Å². The molecule has 2 amide bonds. The SMILES string of the molecule is C[C@H](NC(=O)CN1CCN(C(=O)C2CC2)CC1)c1cc2ccccc2o1. The van der Waals surface area contributed by atoms with Gasteiger partial charge in [0.25, 0.3) is 0 Å². The highest BCUT2D eigenvalue weighted by Crippen LogP contribution is 2.31. The second-order valence-corrected chi connectivity index (χ2v) is 7.35. The normalized spacial score (nSPS) is 19.5. The molecule has 2 aromatic rings. The van der Waals surface area contributed by atoms with Crippen LogP contribution in [0.3, 0.4) is 0 Å². The Morgan fingerprint density at radius 2 is 1.92 bits per heavy atom. The molecule has 1 atom stereocenters. The van der Waals surface area contributed by atoms with Gasteiger partial charge in [-0.2, -0.15) is 0 Å². The van der Waals surface area contributed by atoms with Gasteiger partial charge in [0.1, 0.15) is 11.3 Å². The minimum absolute atomic E-state index is 0.0140. The predicted octanol–water partition coefficient (Wildman–Crippen LogP) is 2.16. The van der Waals surface area contributed by atoms with Gasteiger partial charge in [-0.05, 0) is 31.9 Å². The van der Waals surface area contributed by atoms with Crippen molar-refractivity contribution in [2.45, 2.75) is 25.8 Å². The Morgan fingerprint density at radius 1 is 1.19 bits per heavy atom. The maximum atomic E-state index is 12.4. The molecular weight excluding hydrogens is 330 g/mol. The highest BCUT2D eigenvalue weighted by atomic mass is 16.3. The Morgan fingerprint density at radius 3 is 2.62 bits per heavy atom. The van der Waals surface area contributed by atoms with Crippen molar-refractivity contribution in [3.63, 3.8) is 0 Å². The van der Waals surface area contributed by atoms with Crippen molar-refractivity contribution in [3.05, 3.63) is 36.1 Å². The number of carbonyl (C=O) groups is 2. The Bertz CT molecular complexity index is 770. The molecule has 6 heteroatoms. The molecule has 2 heterocycles. The fourth-order valence-electron chi connectivity index (χ4n) is 3.49. The maximum absolute atomic E-state index is 12.4. The van der Waals surface area contributed by atoms with Crippen LogP contribution < -0.4 is 5.32 Å². The predicted molar refractivity (Wildman–Crippen MR) is 98.5 cm³/mol. The van der Waals surface area contributed by atoms with Crippen LogP contribution in [0.1, 0.15) is 31.6 Å². The lowest BCUT2D eigenvalue weighted by Gasteiger charge is -2.34. The monoisotopic (exact) mass is 355 g/mol. The lowest BCUT2D eigenvalue weighted by atomic mass is 10.2. The van der Waals surface area contributed by atoms with Crippen LogP contribution in [-0.4, -0.2) is 54.3 Å². The molecule has 4 rings (SSSR count). The van der Waals surface area contributed by atoms with Crippen LogP contribution in [0.5, 0.6) is 0 Å². The third-order valence-corrected chi connectivity index (χ3v) is 5.23. The summed E-state index contributed by atoms with van der Waals surface area (Å²) in [6, 6.07) is 9.63. The van der Waals surface area contributed by atoms with E-state index in [1.54, 1.807) is 0 Å². The highest BCUT2D eigenvalue weighted by molar-refractivity contribution is 5.81. The summed E-state index contributed by atoms with van der Waals surface area (Å²) in [7, 11) is 0. The Kier molecular flexibility index (Phi) is 4.68. The summed E-state index contributed by atoms with van der Waals surface area (Å²) in [5.74, 6) is 1.32. The van der Waals surface area contributed by atoms with Gasteiger partial charge in [-0.1, -0.05) is 18.2 Å². The summed E-state index contributed by atoms with van der Waals surface area (Å²) in [6.45, 7) is 5.25. The standard InChI is InChI=1S/C20H25N3O3/c1-14(18-12-16-4-2-3-5-17(16)26-18)21-19(24)13-22-8-10-23(11-9-22)20(25)15-6-7-15/h2-5,12,14-15H,6-11,13H2,1H3,(H,21,24)/t14-/m0/s1. The first-order valence-electron chi connectivity index (χ1n) is 9.39. The number of piperazine rings is 1. The van der Waals surface area contributed by atoms with Gasteiger partial charge in [0.05, 0.1) is 12.6 Å². The van der Waals surface area contributed by atoms with Crippen LogP contribution in [0, 0.1) is 5.92 Å². The highest BCUT2D eigenvalue weighted by Gasteiger charge is 2.34. The number of nitrogens with one attached hydrogen (secondary N) is 1. The molecule has 1 aliphatic carbocycles. The molecule has 0 unspecified atom stereocenters. The fourth-order valence-corrected chi connectivity index (χ4v) is 3.49. The average Bonchev–Trinajstić information content (AvgIpc) is 3.39. The zero-order valence-corrected chi connectivity index (χ0v) is 15.1. The number of para-hydroxylation sites is 1. The van der Waals surface area contributed by atoms with Gasteiger partial charge in [-0.3, -0.25) is 14.5 Å². The first-order valence-corrected chi connectivity index (χ1v) is 9.39. The first kappa shape index (κ1) is 17.1. The van der Waals surface area contributed by atoms with Crippen molar-refractivity contribution in [1.82, 2.24) is 15.1 Å². The second-order valence-electron chi connectivity index (χ2n) is 7.35. The number of carbonyl (C=O) groups excluding carboxylic acids is 2. The van der Waals surface area contributed by atoms with E-state index in [9.17, 15) is 9.59 Å². The van der Waals surface area contributed by atoms with Crippen molar-refractivity contribution >= 4 is 22.8 Å². The number of benzene rings is 1. The number of nitrogens with zero attached hydrogens (tertiary/aromatic N) is 2. The van der Waals surface area contributed by atoms with Gasteiger partial charge in [-0.15, -0.1) is 0 Å². The van der Waals surface area contributed by atoms with Crippen LogP contribution in [0.15, 0.2) is 34.7 Å². The number of amides is 2. The maximum Gasteiger partial charge on any atom is 0.234 e. The summed E-state index contributed by atoms with van der Waals surface area (Å²) in [5.41, 5.74) is 0.833. The van der Waals surface area contributed by atoms with E-state index in [4.69, 9.17) is 4.42 Å². The van der Waals surface area contributed by atoms with Crippen LogP contribution in [0.4, 0.5) is 0 Å².